The first-order valence-electron chi connectivity index (χ1n) is 9.46. The van der Waals surface area contributed by atoms with Gasteiger partial charge in [-0.2, -0.15) is 0 Å². The number of ether oxygens (including phenoxy) is 1. The first-order valence-corrected chi connectivity index (χ1v) is 9.46. The van der Waals surface area contributed by atoms with E-state index in [9.17, 15) is 24.6 Å². The molecule has 1 heterocycles. The summed E-state index contributed by atoms with van der Waals surface area (Å²) in [6, 6.07) is 12.3. The summed E-state index contributed by atoms with van der Waals surface area (Å²) >= 11 is 0. The Morgan fingerprint density at radius 2 is 1.63 bits per heavy atom. The molecule has 1 aliphatic rings. The number of rotatable bonds is 5. The lowest BCUT2D eigenvalue weighted by Gasteiger charge is -2.26. The third kappa shape index (κ3) is 3.97. The molecule has 0 unspecified atom stereocenters. The molecule has 1 amide bonds. The molecule has 0 saturated carbocycles. The highest BCUT2D eigenvalue weighted by molar-refractivity contribution is 6.46. The summed E-state index contributed by atoms with van der Waals surface area (Å²) in [5.74, 6) is -2.43. The molecule has 0 spiro atoms. The average Bonchev–Trinajstić information content (AvgIpc) is 2.97. The molecule has 0 aliphatic carbocycles. The largest absolute Gasteiger partial charge is 0.507 e. The lowest BCUT2D eigenvalue weighted by molar-refractivity contribution is -0.140. The lowest BCUT2D eigenvalue weighted by atomic mass is 9.94. The molecular formula is C23H23NO6. The molecule has 0 aromatic heterocycles. The van der Waals surface area contributed by atoms with E-state index in [1.54, 1.807) is 36.4 Å². The summed E-state index contributed by atoms with van der Waals surface area (Å²) in [5, 5.41) is 20.8. The second kappa shape index (κ2) is 8.51. The van der Waals surface area contributed by atoms with Gasteiger partial charge in [-0.15, -0.1) is 0 Å². The van der Waals surface area contributed by atoms with Crippen LogP contribution in [0.4, 0.5) is 0 Å². The molecule has 2 aromatic carbocycles. The van der Waals surface area contributed by atoms with Crippen LogP contribution < -0.4 is 0 Å². The van der Waals surface area contributed by atoms with E-state index < -0.39 is 29.8 Å². The van der Waals surface area contributed by atoms with E-state index in [1.165, 1.54) is 31.1 Å². The fourth-order valence-corrected chi connectivity index (χ4v) is 3.49. The highest BCUT2D eigenvalue weighted by atomic mass is 16.5. The van der Waals surface area contributed by atoms with E-state index in [0.717, 1.165) is 5.56 Å². The predicted octanol–water partition coefficient (Wildman–Crippen LogP) is 2.58. The number of Topliss-reactive ketones (excluding diaryl/α,β-unsaturated/α-hetero) is 1. The number of aliphatic hydroxyl groups excluding tert-OH is 2. The lowest BCUT2D eigenvalue weighted by Crippen LogP contribution is -2.35. The van der Waals surface area contributed by atoms with Crippen LogP contribution in [0.5, 0.6) is 0 Å². The smallest absolute Gasteiger partial charge is 0.337 e. The number of methoxy groups -OCH3 is 1. The number of likely N-dealkylation sites (tertiary alicyclic amines) is 1. The SMILES string of the molecule is COC(=O)c1ccc([C@@H]2C(=C(O)c3ccc(C)cc3)C(=O)C(=O)N2C[C@@H](C)O)cc1. The van der Waals surface area contributed by atoms with Gasteiger partial charge in [-0.3, -0.25) is 9.59 Å². The molecular weight excluding hydrogens is 386 g/mol. The minimum atomic E-state index is -0.896. The van der Waals surface area contributed by atoms with Gasteiger partial charge in [0.25, 0.3) is 11.7 Å². The van der Waals surface area contributed by atoms with Gasteiger partial charge in [-0.05, 0) is 31.5 Å². The first-order chi connectivity index (χ1) is 14.2. The fourth-order valence-electron chi connectivity index (χ4n) is 3.49. The van der Waals surface area contributed by atoms with Crippen LogP contribution in [0.25, 0.3) is 5.76 Å². The van der Waals surface area contributed by atoms with E-state index in [-0.39, 0.29) is 17.9 Å². The van der Waals surface area contributed by atoms with Crippen molar-refractivity contribution in [1.82, 2.24) is 4.90 Å². The Bertz CT molecular complexity index is 1000. The predicted molar refractivity (Wildman–Crippen MR) is 110 cm³/mol. The van der Waals surface area contributed by atoms with Gasteiger partial charge in [0.2, 0.25) is 0 Å². The number of benzene rings is 2. The Kier molecular flexibility index (Phi) is 6.03. The molecule has 30 heavy (non-hydrogen) atoms. The number of ketones is 1. The van der Waals surface area contributed by atoms with E-state index in [4.69, 9.17) is 4.74 Å². The van der Waals surface area contributed by atoms with Crippen LogP contribution >= 0.6 is 0 Å². The van der Waals surface area contributed by atoms with E-state index >= 15 is 0 Å². The summed E-state index contributed by atoms with van der Waals surface area (Å²) in [5.41, 5.74) is 2.17. The van der Waals surface area contributed by atoms with Gasteiger partial charge in [0.1, 0.15) is 5.76 Å². The van der Waals surface area contributed by atoms with Crippen molar-refractivity contribution in [3.05, 3.63) is 76.4 Å². The first kappa shape index (κ1) is 21.3. The highest BCUT2D eigenvalue weighted by Crippen LogP contribution is 2.39. The van der Waals surface area contributed by atoms with Crippen LogP contribution in [0.1, 0.15) is 40.0 Å². The van der Waals surface area contributed by atoms with Gasteiger partial charge >= 0.3 is 5.97 Å². The van der Waals surface area contributed by atoms with Crippen molar-refractivity contribution in [1.29, 1.82) is 0 Å². The standard InChI is InChI=1S/C23H23NO6/c1-13-4-6-16(7-5-13)20(26)18-19(24(12-14(2)25)22(28)21(18)27)15-8-10-17(11-9-15)23(29)30-3/h4-11,14,19,25-26H,12H2,1-3H3/t14-,19-/m1/s1. The maximum Gasteiger partial charge on any atom is 0.337 e. The van der Waals surface area contributed by atoms with Gasteiger partial charge in [-0.25, -0.2) is 4.79 Å². The molecule has 7 heteroatoms. The number of esters is 1. The number of aryl methyl sites for hydroxylation is 1. The van der Waals surface area contributed by atoms with Crippen LogP contribution in [-0.2, 0) is 14.3 Å². The Labute approximate surface area is 174 Å². The van der Waals surface area contributed by atoms with E-state index in [1.807, 2.05) is 6.92 Å². The monoisotopic (exact) mass is 409 g/mol. The molecule has 0 bridgehead atoms. The van der Waals surface area contributed by atoms with Crippen molar-refractivity contribution in [2.45, 2.75) is 26.0 Å². The molecule has 1 fully saturated rings. The van der Waals surface area contributed by atoms with Gasteiger partial charge in [0.15, 0.2) is 0 Å². The maximum absolute atomic E-state index is 12.8. The maximum atomic E-state index is 12.8. The summed E-state index contributed by atoms with van der Waals surface area (Å²) in [4.78, 5) is 38.5. The van der Waals surface area contributed by atoms with Crippen molar-refractivity contribution >= 4 is 23.4 Å². The second-order valence-electron chi connectivity index (χ2n) is 7.28. The molecule has 3 rings (SSSR count). The third-order valence-electron chi connectivity index (χ3n) is 4.97. The number of amides is 1. The normalized spacial score (nSPS) is 19.1. The van der Waals surface area contributed by atoms with Crippen molar-refractivity contribution in [3.63, 3.8) is 0 Å². The topological polar surface area (TPSA) is 104 Å². The van der Waals surface area contributed by atoms with E-state index in [0.29, 0.717) is 16.7 Å². The fraction of sp³-hybridized carbons (Fsp3) is 0.261. The molecule has 0 radical (unpaired) electrons. The Morgan fingerprint density at radius 1 is 1.07 bits per heavy atom. The second-order valence-corrected chi connectivity index (χ2v) is 7.28. The van der Waals surface area contributed by atoms with Crippen molar-refractivity contribution in [3.8, 4) is 0 Å². The van der Waals surface area contributed by atoms with E-state index in [2.05, 4.69) is 0 Å². The van der Waals surface area contributed by atoms with Gasteiger partial charge < -0.3 is 19.8 Å². The average molecular weight is 409 g/mol. The number of hydrogen-bond acceptors (Lipinski definition) is 6. The number of β-amino-alcohol motifs (C(OH)–C–C–N with tert-alkyl or cyclic N) is 1. The quantitative estimate of drug-likeness (QED) is 0.340. The zero-order valence-electron chi connectivity index (χ0n) is 17.0. The molecule has 2 aromatic rings. The third-order valence-corrected chi connectivity index (χ3v) is 4.97. The molecule has 156 valence electrons. The minimum absolute atomic E-state index is 0.0599. The summed E-state index contributed by atoms with van der Waals surface area (Å²) in [6.07, 6.45) is -0.875. The highest BCUT2D eigenvalue weighted by Gasteiger charge is 2.46. The Hall–Kier alpha value is -3.45. The molecule has 1 saturated heterocycles. The zero-order valence-corrected chi connectivity index (χ0v) is 17.0. The number of carbonyl (C=O) groups is 3. The van der Waals surface area contributed by atoms with Gasteiger partial charge in [-0.1, -0.05) is 42.0 Å². The van der Waals surface area contributed by atoms with Crippen LogP contribution in [0, 0.1) is 6.92 Å². The summed E-state index contributed by atoms with van der Waals surface area (Å²) in [7, 11) is 1.27. The number of carbonyl (C=O) groups excluding carboxylic acids is 3. The molecule has 7 nitrogen and oxygen atoms in total. The number of hydrogen-bond donors (Lipinski definition) is 2. The van der Waals surface area contributed by atoms with Crippen LogP contribution in [-0.4, -0.2) is 52.5 Å². The van der Waals surface area contributed by atoms with Crippen LogP contribution in [0.3, 0.4) is 0 Å². The molecule has 1 aliphatic heterocycles. The summed E-state index contributed by atoms with van der Waals surface area (Å²) in [6.45, 7) is 3.32. The molecule has 2 atom stereocenters. The molecule has 2 N–H and O–H groups in total. The Balaban J connectivity index is 2.14. The number of nitrogens with zero attached hydrogens (tertiary/aromatic N) is 1. The van der Waals surface area contributed by atoms with Crippen molar-refractivity contribution in [2.75, 3.05) is 13.7 Å². The van der Waals surface area contributed by atoms with Crippen LogP contribution in [0.15, 0.2) is 54.1 Å². The van der Waals surface area contributed by atoms with Crippen LogP contribution in [0.2, 0.25) is 0 Å². The zero-order chi connectivity index (χ0) is 22.0. The Morgan fingerprint density at radius 3 is 2.17 bits per heavy atom. The van der Waals surface area contributed by atoms with Gasteiger partial charge in [0, 0.05) is 12.1 Å². The summed E-state index contributed by atoms with van der Waals surface area (Å²) < 4.78 is 4.70. The van der Waals surface area contributed by atoms with Crippen molar-refractivity contribution in [2.24, 2.45) is 0 Å². The minimum Gasteiger partial charge on any atom is -0.507 e. The number of aliphatic hydroxyl groups is 2. The van der Waals surface area contributed by atoms with Gasteiger partial charge in [0.05, 0.1) is 30.4 Å². The van der Waals surface area contributed by atoms with Crippen molar-refractivity contribution < 1.29 is 29.3 Å².